The predicted octanol–water partition coefficient (Wildman–Crippen LogP) is 2.92. The SMILES string of the molecule is COc1ccc(C(N)C2(C)CCCO2)cc1Cl. The maximum Gasteiger partial charge on any atom is 0.137 e. The van der Waals surface area contributed by atoms with Crippen molar-refractivity contribution >= 4 is 11.6 Å². The molecular weight excluding hydrogens is 238 g/mol. The minimum absolute atomic E-state index is 0.159. The fourth-order valence-corrected chi connectivity index (χ4v) is 2.54. The second-order valence-corrected chi connectivity index (χ2v) is 5.04. The van der Waals surface area contributed by atoms with Gasteiger partial charge in [-0.25, -0.2) is 0 Å². The van der Waals surface area contributed by atoms with Gasteiger partial charge in [-0.1, -0.05) is 17.7 Å². The summed E-state index contributed by atoms with van der Waals surface area (Å²) in [5.74, 6) is 0.667. The van der Waals surface area contributed by atoms with Crippen molar-refractivity contribution in [3.63, 3.8) is 0 Å². The lowest BCUT2D eigenvalue weighted by molar-refractivity contribution is -0.00174. The lowest BCUT2D eigenvalue weighted by Crippen LogP contribution is -2.37. The summed E-state index contributed by atoms with van der Waals surface area (Å²) in [6.45, 7) is 2.84. The van der Waals surface area contributed by atoms with Crippen LogP contribution < -0.4 is 10.5 Å². The molecule has 1 aliphatic heterocycles. The van der Waals surface area contributed by atoms with E-state index in [2.05, 4.69) is 6.92 Å². The number of nitrogens with two attached hydrogens (primary N) is 1. The Balaban J connectivity index is 2.25. The quantitative estimate of drug-likeness (QED) is 0.903. The predicted molar refractivity (Wildman–Crippen MR) is 68.5 cm³/mol. The fourth-order valence-electron chi connectivity index (χ4n) is 2.27. The van der Waals surface area contributed by atoms with Crippen LogP contribution in [-0.2, 0) is 4.74 Å². The van der Waals surface area contributed by atoms with Crippen LogP contribution in [0.15, 0.2) is 18.2 Å². The highest BCUT2D eigenvalue weighted by Crippen LogP contribution is 2.37. The molecule has 0 bridgehead atoms. The first kappa shape index (κ1) is 12.7. The van der Waals surface area contributed by atoms with Crippen LogP contribution in [0.25, 0.3) is 0 Å². The van der Waals surface area contributed by atoms with Gasteiger partial charge in [0.1, 0.15) is 5.75 Å². The molecule has 4 heteroatoms. The zero-order valence-electron chi connectivity index (χ0n) is 10.2. The molecule has 1 saturated heterocycles. The Bertz CT molecular complexity index is 402. The summed E-state index contributed by atoms with van der Waals surface area (Å²) in [5.41, 5.74) is 6.98. The third kappa shape index (κ3) is 2.41. The second kappa shape index (κ2) is 4.84. The number of ether oxygens (including phenoxy) is 2. The Labute approximate surface area is 107 Å². The van der Waals surface area contributed by atoms with Gasteiger partial charge in [0.25, 0.3) is 0 Å². The van der Waals surface area contributed by atoms with Crippen molar-refractivity contribution in [2.75, 3.05) is 13.7 Å². The number of hydrogen-bond acceptors (Lipinski definition) is 3. The monoisotopic (exact) mass is 255 g/mol. The molecule has 0 aromatic heterocycles. The van der Waals surface area contributed by atoms with Gasteiger partial charge in [0.05, 0.1) is 23.8 Å². The van der Waals surface area contributed by atoms with Crippen molar-refractivity contribution in [2.24, 2.45) is 5.73 Å². The van der Waals surface area contributed by atoms with E-state index in [1.165, 1.54) is 0 Å². The second-order valence-electron chi connectivity index (χ2n) is 4.64. The van der Waals surface area contributed by atoms with E-state index in [-0.39, 0.29) is 11.6 Å². The Morgan fingerprint density at radius 2 is 2.29 bits per heavy atom. The standard InChI is InChI=1S/C13H18ClNO2/c1-13(6-3-7-17-13)12(15)9-4-5-11(16-2)10(14)8-9/h4-5,8,12H,3,6-7,15H2,1-2H3. The van der Waals surface area contributed by atoms with Crippen LogP contribution >= 0.6 is 11.6 Å². The number of methoxy groups -OCH3 is 1. The smallest absolute Gasteiger partial charge is 0.137 e. The number of benzene rings is 1. The van der Waals surface area contributed by atoms with Gasteiger partial charge in [0, 0.05) is 6.61 Å². The molecule has 2 N–H and O–H groups in total. The van der Waals surface area contributed by atoms with E-state index in [4.69, 9.17) is 26.8 Å². The van der Waals surface area contributed by atoms with Crippen LogP contribution in [0, 0.1) is 0 Å². The summed E-state index contributed by atoms with van der Waals surface area (Å²) in [6, 6.07) is 5.49. The molecule has 94 valence electrons. The maximum atomic E-state index is 6.27. The number of hydrogen-bond donors (Lipinski definition) is 1. The Morgan fingerprint density at radius 1 is 1.53 bits per heavy atom. The summed E-state index contributed by atoms with van der Waals surface area (Å²) in [5, 5.41) is 0.585. The zero-order chi connectivity index (χ0) is 12.5. The highest BCUT2D eigenvalue weighted by atomic mass is 35.5. The van der Waals surface area contributed by atoms with Crippen molar-refractivity contribution in [1.29, 1.82) is 0 Å². The fraction of sp³-hybridized carbons (Fsp3) is 0.538. The van der Waals surface area contributed by atoms with Crippen molar-refractivity contribution in [1.82, 2.24) is 0 Å². The third-order valence-electron chi connectivity index (χ3n) is 3.44. The van der Waals surface area contributed by atoms with Crippen molar-refractivity contribution < 1.29 is 9.47 Å². The molecule has 1 fully saturated rings. The van der Waals surface area contributed by atoms with Gasteiger partial charge in [-0.15, -0.1) is 0 Å². The maximum absolute atomic E-state index is 6.27. The summed E-state index contributed by atoms with van der Waals surface area (Å²) < 4.78 is 10.9. The molecule has 0 saturated carbocycles. The topological polar surface area (TPSA) is 44.5 Å². The molecule has 2 unspecified atom stereocenters. The third-order valence-corrected chi connectivity index (χ3v) is 3.74. The first-order chi connectivity index (χ1) is 8.07. The summed E-state index contributed by atoms with van der Waals surface area (Å²) in [7, 11) is 1.60. The van der Waals surface area contributed by atoms with Crippen LogP contribution in [0.4, 0.5) is 0 Å². The number of halogens is 1. The highest BCUT2D eigenvalue weighted by Gasteiger charge is 2.37. The zero-order valence-corrected chi connectivity index (χ0v) is 11.0. The average Bonchev–Trinajstić information content (AvgIpc) is 2.76. The Hall–Kier alpha value is -0.770. The molecule has 0 amide bonds. The molecule has 0 radical (unpaired) electrons. The largest absolute Gasteiger partial charge is 0.495 e. The lowest BCUT2D eigenvalue weighted by atomic mass is 9.88. The van der Waals surface area contributed by atoms with E-state index in [0.717, 1.165) is 25.0 Å². The molecule has 1 aromatic carbocycles. The summed E-state index contributed by atoms with van der Waals surface area (Å²) >= 11 is 6.10. The summed E-state index contributed by atoms with van der Waals surface area (Å²) in [4.78, 5) is 0. The van der Waals surface area contributed by atoms with Crippen molar-refractivity contribution in [2.45, 2.75) is 31.4 Å². The van der Waals surface area contributed by atoms with Crippen LogP contribution in [0.3, 0.4) is 0 Å². The Morgan fingerprint density at radius 3 is 2.82 bits per heavy atom. The van der Waals surface area contributed by atoms with Gasteiger partial charge in [0.2, 0.25) is 0 Å². The normalized spacial score (nSPS) is 25.9. The van der Waals surface area contributed by atoms with E-state index >= 15 is 0 Å². The molecule has 17 heavy (non-hydrogen) atoms. The van der Waals surface area contributed by atoms with E-state index < -0.39 is 0 Å². The van der Waals surface area contributed by atoms with Gasteiger partial charge >= 0.3 is 0 Å². The Kier molecular flexibility index (Phi) is 3.61. The highest BCUT2D eigenvalue weighted by molar-refractivity contribution is 6.32. The van der Waals surface area contributed by atoms with Gasteiger partial charge in [-0.3, -0.25) is 0 Å². The first-order valence-corrected chi connectivity index (χ1v) is 6.17. The molecule has 1 aliphatic rings. The molecule has 2 rings (SSSR count). The van der Waals surface area contributed by atoms with E-state index in [1.807, 2.05) is 18.2 Å². The van der Waals surface area contributed by atoms with Gasteiger partial charge in [-0.05, 0) is 37.5 Å². The molecule has 1 aromatic rings. The van der Waals surface area contributed by atoms with Crippen LogP contribution in [0.2, 0.25) is 5.02 Å². The van der Waals surface area contributed by atoms with E-state index in [0.29, 0.717) is 10.8 Å². The first-order valence-electron chi connectivity index (χ1n) is 5.80. The van der Waals surface area contributed by atoms with Crippen molar-refractivity contribution in [3.05, 3.63) is 28.8 Å². The van der Waals surface area contributed by atoms with Crippen LogP contribution in [0.5, 0.6) is 5.75 Å². The molecule has 1 heterocycles. The van der Waals surface area contributed by atoms with Crippen LogP contribution in [0.1, 0.15) is 31.4 Å². The van der Waals surface area contributed by atoms with Gasteiger partial charge in [0.15, 0.2) is 0 Å². The molecule has 0 spiro atoms. The molecule has 3 nitrogen and oxygen atoms in total. The van der Waals surface area contributed by atoms with Gasteiger partial charge < -0.3 is 15.2 Å². The molecule has 2 atom stereocenters. The minimum atomic E-state index is -0.280. The number of rotatable bonds is 3. The van der Waals surface area contributed by atoms with Gasteiger partial charge in [-0.2, -0.15) is 0 Å². The average molecular weight is 256 g/mol. The lowest BCUT2D eigenvalue weighted by Gasteiger charge is -2.30. The minimum Gasteiger partial charge on any atom is -0.495 e. The van der Waals surface area contributed by atoms with E-state index in [1.54, 1.807) is 7.11 Å². The summed E-state index contributed by atoms with van der Waals surface area (Å²) in [6.07, 6.45) is 2.05. The molecular formula is C13H18ClNO2. The van der Waals surface area contributed by atoms with E-state index in [9.17, 15) is 0 Å². The molecule has 0 aliphatic carbocycles. The van der Waals surface area contributed by atoms with Crippen LogP contribution in [-0.4, -0.2) is 19.3 Å². The van der Waals surface area contributed by atoms with Crippen molar-refractivity contribution in [3.8, 4) is 5.75 Å².